The molecule has 0 spiro atoms. The Balaban J connectivity index is 1.53. The summed E-state index contributed by atoms with van der Waals surface area (Å²) < 4.78 is 5.74. The summed E-state index contributed by atoms with van der Waals surface area (Å²) >= 11 is 0. The van der Waals surface area contributed by atoms with Gasteiger partial charge < -0.3 is 10.5 Å². The highest BCUT2D eigenvalue weighted by atomic mass is 16.5. The zero-order valence-corrected chi connectivity index (χ0v) is 13.0. The largest absolute Gasteiger partial charge is 0.380 e. The van der Waals surface area contributed by atoms with Gasteiger partial charge in [0, 0.05) is 38.3 Å². The zero-order valence-electron chi connectivity index (χ0n) is 13.0. The summed E-state index contributed by atoms with van der Waals surface area (Å²) in [6.45, 7) is 4.92. The monoisotopic (exact) mass is 281 g/mol. The normalized spacial score (nSPS) is 38.4. The first-order chi connectivity index (χ1) is 9.78. The summed E-state index contributed by atoms with van der Waals surface area (Å²) in [5.74, 6) is 0. The Bertz CT molecular complexity index is 304. The maximum atomic E-state index is 6.02. The van der Waals surface area contributed by atoms with Crippen molar-refractivity contribution in [2.24, 2.45) is 5.73 Å². The molecule has 116 valence electrons. The first-order valence-corrected chi connectivity index (χ1v) is 8.54. The van der Waals surface area contributed by atoms with Crippen LogP contribution in [0, 0.1) is 0 Å². The second kappa shape index (κ2) is 6.73. The Kier molecular flexibility index (Phi) is 4.97. The van der Waals surface area contributed by atoms with Gasteiger partial charge in [-0.15, -0.1) is 0 Å². The van der Waals surface area contributed by atoms with E-state index in [4.69, 9.17) is 10.5 Å². The van der Waals surface area contributed by atoms with E-state index >= 15 is 0 Å². The molecule has 0 radical (unpaired) electrons. The summed E-state index contributed by atoms with van der Waals surface area (Å²) in [5.41, 5.74) is 6.02. The minimum absolute atomic E-state index is 0.444. The van der Waals surface area contributed by atoms with Crippen LogP contribution in [0.2, 0.25) is 0 Å². The van der Waals surface area contributed by atoms with Gasteiger partial charge in [0.25, 0.3) is 0 Å². The maximum Gasteiger partial charge on any atom is 0.0726 e. The van der Waals surface area contributed by atoms with E-state index in [1.165, 1.54) is 71.1 Å². The van der Waals surface area contributed by atoms with Crippen LogP contribution in [0.5, 0.6) is 0 Å². The second-order valence-electron chi connectivity index (χ2n) is 6.94. The molecule has 3 fully saturated rings. The Morgan fingerprint density at radius 1 is 0.900 bits per heavy atom. The van der Waals surface area contributed by atoms with Gasteiger partial charge in [0.05, 0.1) is 6.10 Å². The van der Waals surface area contributed by atoms with E-state index in [0.717, 1.165) is 6.04 Å². The van der Waals surface area contributed by atoms with Crippen molar-refractivity contribution < 1.29 is 4.74 Å². The van der Waals surface area contributed by atoms with Crippen molar-refractivity contribution in [2.45, 2.75) is 69.2 Å². The van der Waals surface area contributed by atoms with Crippen LogP contribution >= 0.6 is 0 Å². The SMILES string of the molecule is COC1CCCCC1N1CCC(N2CCC(N)CC2)C1. The quantitative estimate of drug-likeness (QED) is 0.850. The third-order valence-corrected chi connectivity index (χ3v) is 5.72. The molecule has 2 saturated heterocycles. The molecule has 3 aliphatic rings. The number of hydrogen-bond acceptors (Lipinski definition) is 4. The summed E-state index contributed by atoms with van der Waals surface area (Å²) in [6.07, 6.45) is 9.47. The average Bonchev–Trinajstić information content (AvgIpc) is 2.97. The molecule has 20 heavy (non-hydrogen) atoms. The molecule has 3 unspecified atom stereocenters. The van der Waals surface area contributed by atoms with Crippen LogP contribution in [-0.2, 0) is 4.74 Å². The van der Waals surface area contributed by atoms with Gasteiger partial charge in [-0.05, 0) is 45.2 Å². The molecule has 0 aromatic heterocycles. The van der Waals surface area contributed by atoms with Gasteiger partial charge in [0.2, 0.25) is 0 Å². The summed E-state index contributed by atoms with van der Waals surface area (Å²) in [5, 5.41) is 0. The van der Waals surface area contributed by atoms with E-state index in [9.17, 15) is 0 Å². The molecular weight excluding hydrogens is 250 g/mol. The lowest BCUT2D eigenvalue weighted by Gasteiger charge is -2.38. The van der Waals surface area contributed by atoms with Crippen molar-refractivity contribution in [3.05, 3.63) is 0 Å². The van der Waals surface area contributed by atoms with E-state index in [-0.39, 0.29) is 0 Å². The Hall–Kier alpha value is -0.160. The van der Waals surface area contributed by atoms with Crippen molar-refractivity contribution >= 4 is 0 Å². The fraction of sp³-hybridized carbons (Fsp3) is 1.00. The van der Waals surface area contributed by atoms with Crippen LogP contribution in [-0.4, -0.2) is 67.3 Å². The van der Waals surface area contributed by atoms with Crippen LogP contribution in [0.4, 0.5) is 0 Å². The number of ether oxygens (including phenoxy) is 1. The molecule has 2 heterocycles. The fourth-order valence-corrected chi connectivity index (χ4v) is 4.42. The lowest BCUT2D eigenvalue weighted by molar-refractivity contribution is -0.00557. The van der Waals surface area contributed by atoms with E-state index in [1.807, 2.05) is 7.11 Å². The predicted molar refractivity (Wildman–Crippen MR) is 81.8 cm³/mol. The number of piperidine rings is 1. The number of likely N-dealkylation sites (tertiary alicyclic amines) is 2. The molecule has 0 aromatic carbocycles. The molecule has 4 nitrogen and oxygen atoms in total. The number of hydrogen-bond donors (Lipinski definition) is 1. The van der Waals surface area contributed by atoms with Crippen LogP contribution < -0.4 is 5.73 Å². The van der Waals surface area contributed by atoms with Gasteiger partial charge in [0.1, 0.15) is 0 Å². The minimum Gasteiger partial charge on any atom is -0.380 e. The lowest BCUT2D eigenvalue weighted by Crippen LogP contribution is -2.49. The van der Waals surface area contributed by atoms with Gasteiger partial charge >= 0.3 is 0 Å². The number of methoxy groups -OCH3 is 1. The molecule has 0 aromatic rings. The van der Waals surface area contributed by atoms with Crippen LogP contribution in [0.3, 0.4) is 0 Å². The molecule has 2 N–H and O–H groups in total. The van der Waals surface area contributed by atoms with E-state index < -0.39 is 0 Å². The summed E-state index contributed by atoms with van der Waals surface area (Å²) in [7, 11) is 1.89. The van der Waals surface area contributed by atoms with Gasteiger partial charge in [-0.2, -0.15) is 0 Å². The van der Waals surface area contributed by atoms with Crippen molar-refractivity contribution in [3.8, 4) is 0 Å². The third-order valence-electron chi connectivity index (χ3n) is 5.72. The number of nitrogens with two attached hydrogens (primary N) is 1. The van der Waals surface area contributed by atoms with Gasteiger partial charge in [0.15, 0.2) is 0 Å². The van der Waals surface area contributed by atoms with Crippen LogP contribution in [0.25, 0.3) is 0 Å². The molecular formula is C16H31N3O. The van der Waals surface area contributed by atoms with Crippen molar-refractivity contribution in [3.63, 3.8) is 0 Å². The minimum atomic E-state index is 0.444. The molecule has 3 atom stereocenters. The standard InChI is InChI=1S/C16H31N3O/c1-20-16-5-3-2-4-15(16)19-11-8-14(12-19)18-9-6-13(17)7-10-18/h13-16H,2-12,17H2,1H3. The van der Waals surface area contributed by atoms with Crippen LogP contribution in [0.1, 0.15) is 44.9 Å². The Morgan fingerprint density at radius 3 is 2.35 bits per heavy atom. The smallest absolute Gasteiger partial charge is 0.0726 e. The first kappa shape index (κ1) is 14.8. The van der Waals surface area contributed by atoms with E-state index in [2.05, 4.69) is 9.80 Å². The van der Waals surface area contributed by atoms with Gasteiger partial charge in [-0.1, -0.05) is 12.8 Å². The average molecular weight is 281 g/mol. The molecule has 0 amide bonds. The number of rotatable bonds is 3. The van der Waals surface area contributed by atoms with Crippen LogP contribution in [0.15, 0.2) is 0 Å². The third kappa shape index (κ3) is 3.19. The highest BCUT2D eigenvalue weighted by Crippen LogP contribution is 2.29. The van der Waals surface area contributed by atoms with Gasteiger partial charge in [-0.25, -0.2) is 0 Å². The Labute approximate surface area is 123 Å². The summed E-state index contributed by atoms with van der Waals surface area (Å²) in [6, 6.07) is 1.88. The highest BCUT2D eigenvalue weighted by Gasteiger charge is 2.36. The zero-order chi connectivity index (χ0) is 13.9. The Morgan fingerprint density at radius 2 is 1.60 bits per heavy atom. The molecule has 2 aliphatic heterocycles. The lowest BCUT2D eigenvalue weighted by atomic mass is 9.91. The maximum absolute atomic E-state index is 6.02. The topological polar surface area (TPSA) is 41.7 Å². The first-order valence-electron chi connectivity index (χ1n) is 8.54. The molecule has 4 heteroatoms. The van der Waals surface area contributed by atoms with Crippen molar-refractivity contribution in [1.29, 1.82) is 0 Å². The van der Waals surface area contributed by atoms with Crippen molar-refractivity contribution in [2.75, 3.05) is 33.3 Å². The predicted octanol–water partition coefficient (Wildman–Crippen LogP) is 1.44. The number of nitrogens with zero attached hydrogens (tertiary/aromatic N) is 2. The second-order valence-corrected chi connectivity index (χ2v) is 6.94. The van der Waals surface area contributed by atoms with Crippen molar-refractivity contribution in [1.82, 2.24) is 9.80 Å². The van der Waals surface area contributed by atoms with Gasteiger partial charge in [-0.3, -0.25) is 9.80 Å². The van der Waals surface area contributed by atoms with E-state index in [1.54, 1.807) is 0 Å². The molecule has 0 bridgehead atoms. The fourth-order valence-electron chi connectivity index (χ4n) is 4.42. The summed E-state index contributed by atoms with van der Waals surface area (Å²) in [4.78, 5) is 5.40. The molecule has 1 aliphatic carbocycles. The van der Waals surface area contributed by atoms with E-state index in [0.29, 0.717) is 18.2 Å². The highest BCUT2D eigenvalue weighted by molar-refractivity contribution is 4.93. The molecule has 1 saturated carbocycles. The molecule has 3 rings (SSSR count).